The zero-order valence-corrected chi connectivity index (χ0v) is 10.7. The lowest BCUT2D eigenvalue weighted by Crippen LogP contribution is -2.09. The molecule has 0 radical (unpaired) electrons. The number of ether oxygens (including phenoxy) is 2. The predicted octanol–water partition coefficient (Wildman–Crippen LogP) is 2.86. The normalized spacial score (nSPS) is 11.9. The highest BCUT2D eigenvalue weighted by molar-refractivity contribution is 5.92. The number of carboxylic acids is 1. The Labute approximate surface area is 110 Å². The second kappa shape index (κ2) is 5.48. The number of rotatable bonds is 5. The van der Waals surface area contributed by atoms with Crippen LogP contribution >= 0.6 is 0 Å². The first-order valence-electron chi connectivity index (χ1n) is 5.83. The van der Waals surface area contributed by atoms with Crippen LogP contribution in [-0.2, 0) is 0 Å². The summed E-state index contributed by atoms with van der Waals surface area (Å²) in [5.41, 5.74) is 0.944. The number of hydrogen-bond acceptors (Lipinski definition) is 3. The molecule has 0 saturated heterocycles. The van der Waals surface area contributed by atoms with Gasteiger partial charge in [-0.2, -0.15) is 0 Å². The Hall–Kier alpha value is -2.43. The standard InChI is InChI=1S/C14H15NO4/c1-9(11-6-4-8-15-11)19-13-10(14(16)17)5-3-7-12(13)18-2/h3-9,15H,1-2H3,(H,16,17). The van der Waals surface area contributed by atoms with E-state index in [0.717, 1.165) is 5.69 Å². The van der Waals surface area contributed by atoms with Crippen LogP contribution in [0.4, 0.5) is 0 Å². The van der Waals surface area contributed by atoms with Crippen LogP contribution in [0.15, 0.2) is 36.5 Å². The summed E-state index contributed by atoms with van der Waals surface area (Å²) in [6.45, 7) is 1.84. The summed E-state index contributed by atoms with van der Waals surface area (Å²) in [5, 5.41) is 9.19. The van der Waals surface area contributed by atoms with Crippen LogP contribution in [0, 0.1) is 0 Å². The third-order valence-corrected chi connectivity index (χ3v) is 2.78. The number of carboxylic acid groups (broad SMARTS) is 1. The maximum Gasteiger partial charge on any atom is 0.339 e. The molecule has 2 N–H and O–H groups in total. The van der Waals surface area contributed by atoms with Crippen LogP contribution in [0.25, 0.3) is 0 Å². The molecule has 1 aromatic heterocycles. The Kier molecular flexibility index (Phi) is 3.75. The molecule has 0 spiro atoms. The maximum atomic E-state index is 11.2. The van der Waals surface area contributed by atoms with Crippen LogP contribution in [0.5, 0.6) is 11.5 Å². The molecule has 1 aromatic carbocycles. The Balaban J connectivity index is 2.35. The number of nitrogens with one attached hydrogen (secondary N) is 1. The maximum absolute atomic E-state index is 11.2. The summed E-state index contributed by atoms with van der Waals surface area (Å²) in [5.74, 6) is -0.412. The summed E-state index contributed by atoms with van der Waals surface area (Å²) in [4.78, 5) is 14.2. The van der Waals surface area contributed by atoms with Gasteiger partial charge in [-0.3, -0.25) is 0 Å². The first-order chi connectivity index (χ1) is 9.13. The van der Waals surface area contributed by atoms with Crippen molar-refractivity contribution in [2.45, 2.75) is 13.0 Å². The minimum atomic E-state index is -1.05. The first-order valence-corrected chi connectivity index (χ1v) is 5.83. The number of para-hydroxylation sites is 1. The van der Waals surface area contributed by atoms with Gasteiger partial charge in [-0.1, -0.05) is 6.07 Å². The van der Waals surface area contributed by atoms with Crippen molar-refractivity contribution >= 4 is 5.97 Å². The Bertz CT molecular complexity index is 563. The quantitative estimate of drug-likeness (QED) is 0.868. The second-order valence-electron chi connectivity index (χ2n) is 4.03. The molecule has 0 aliphatic carbocycles. The molecule has 1 heterocycles. The fraction of sp³-hybridized carbons (Fsp3) is 0.214. The predicted molar refractivity (Wildman–Crippen MR) is 69.8 cm³/mol. The van der Waals surface area contributed by atoms with Crippen LogP contribution in [-0.4, -0.2) is 23.2 Å². The number of aromatic amines is 1. The molecule has 100 valence electrons. The third-order valence-electron chi connectivity index (χ3n) is 2.78. The number of hydrogen-bond donors (Lipinski definition) is 2. The fourth-order valence-corrected chi connectivity index (χ4v) is 1.80. The molecule has 19 heavy (non-hydrogen) atoms. The second-order valence-corrected chi connectivity index (χ2v) is 4.03. The zero-order valence-electron chi connectivity index (χ0n) is 10.7. The smallest absolute Gasteiger partial charge is 0.339 e. The number of H-pyrrole nitrogens is 1. The summed E-state index contributed by atoms with van der Waals surface area (Å²) >= 11 is 0. The van der Waals surface area contributed by atoms with Crippen LogP contribution in [0.3, 0.4) is 0 Å². The van der Waals surface area contributed by atoms with Crippen molar-refractivity contribution in [1.82, 2.24) is 4.98 Å². The zero-order chi connectivity index (χ0) is 13.8. The molecule has 5 heteroatoms. The van der Waals surface area contributed by atoms with Gasteiger partial charge in [0.05, 0.1) is 12.8 Å². The van der Waals surface area contributed by atoms with E-state index in [2.05, 4.69) is 4.98 Å². The van der Waals surface area contributed by atoms with Crippen molar-refractivity contribution in [2.24, 2.45) is 0 Å². The molecular weight excluding hydrogens is 246 g/mol. The number of carbonyl (C=O) groups is 1. The number of aromatic nitrogens is 1. The van der Waals surface area contributed by atoms with Gasteiger partial charge in [0.1, 0.15) is 11.7 Å². The van der Waals surface area contributed by atoms with Gasteiger partial charge in [0.15, 0.2) is 11.5 Å². The van der Waals surface area contributed by atoms with Crippen molar-refractivity contribution in [2.75, 3.05) is 7.11 Å². The monoisotopic (exact) mass is 261 g/mol. The number of benzene rings is 1. The van der Waals surface area contributed by atoms with E-state index in [9.17, 15) is 9.90 Å². The Morgan fingerprint density at radius 2 is 2.11 bits per heavy atom. The lowest BCUT2D eigenvalue weighted by molar-refractivity contribution is 0.0688. The van der Waals surface area contributed by atoms with Crippen molar-refractivity contribution in [3.05, 3.63) is 47.8 Å². The highest BCUT2D eigenvalue weighted by atomic mass is 16.5. The van der Waals surface area contributed by atoms with Gasteiger partial charge < -0.3 is 19.6 Å². The number of methoxy groups -OCH3 is 1. The van der Waals surface area contributed by atoms with Crippen LogP contribution < -0.4 is 9.47 Å². The molecule has 0 bridgehead atoms. The molecule has 2 rings (SSSR count). The van der Waals surface area contributed by atoms with E-state index >= 15 is 0 Å². The first kappa shape index (κ1) is 13.0. The summed E-state index contributed by atoms with van der Waals surface area (Å²) in [6, 6.07) is 8.51. The average molecular weight is 261 g/mol. The number of aromatic carboxylic acids is 1. The molecule has 0 aliphatic rings. The third kappa shape index (κ3) is 2.70. The van der Waals surface area contributed by atoms with Crippen LogP contribution in [0.1, 0.15) is 29.1 Å². The summed E-state index contributed by atoms with van der Waals surface area (Å²) in [6.07, 6.45) is 1.49. The molecule has 1 atom stereocenters. The molecule has 0 fully saturated rings. The minimum Gasteiger partial charge on any atom is -0.493 e. The fourth-order valence-electron chi connectivity index (χ4n) is 1.80. The lowest BCUT2D eigenvalue weighted by Gasteiger charge is -2.17. The van der Waals surface area contributed by atoms with E-state index in [1.165, 1.54) is 13.2 Å². The molecule has 0 amide bonds. The van der Waals surface area contributed by atoms with Crippen molar-refractivity contribution in [3.63, 3.8) is 0 Å². The Morgan fingerprint density at radius 3 is 2.68 bits per heavy atom. The average Bonchev–Trinajstić information content (AvgIpc) is 2.92. The van der Waals surface area contributed by atoms with Gasteiger partial charge in [-0.05, 0) is 31.2 Å². The topological polar surface area (TPSA) is 71.6 Å². The highest BCUT2D eigenvalue weighted by Gasteiger charge is 2.19. The highest BCUT2D eigenvalue weighted by Crippen LogP contribution is 2.34. The van der Waals surface area contributed by atoms with Crippen molar-refractivity contribution in [3.8, 4) is 11.5 Å². The van der Waals surface area contributed by atoms with Gasteiger partial charge in [-0.25, -0.2) is 4.79 Å². The molecule has 2 aromatic rings. The minimum absolute atomic E-state index is 0.0813. The van der Waals surface area contributed by atoms with E-state index in [0.29, 0.717) is 5.75 Å². The molecule has 0 saturated carbocycles. The van der Waals surface area contributed by atoms with Crippen LogP contribution in [0.2, 0.25) is 0 Å². The SMILES string of the molecule is COc1cccc(C(=O)O)c1OC(C)c1ccc[nH]1. The van der Waals surface area contributed by atoms with Crippen molar-refractivity contribution in [1.29, 1.82) is 0 Å². The van der Waals surface area contributed by atoms with E-state index in [4.69, 9.17) is 9.47 Å². The van der Waals surface area contributed by atoms with E-state index in [-0.39, 0.29) is 17.4 Å². The van der Waals surface area contributed by atoms with Gasteiger partial charge in [0.2, 0.25) is 0 Å². The van der Waals surface area contributed by atoms with E-state index < -0.39 is 5.97 Å². The van der Waals surface area contributed by atoms with E-state index in [1.54, 1.807) is 18.3 Å². The molecule has 0 aliphatic heterocycles. The molecular formula is C14H15NO4. The van der Waals surface area contributed by atoms with Gasteiger partial charge in [0, 0.05) is 6.20 Å². The van der Waals surface area contributed by atoms with Gasteiger partial charge >= 0.3 is 5.97 Å². The molecule has 1 unspecified atom stereocenters. The lowest BCUT2D eigenvalue weighted by atomic mass is 10.2. The van der Waals surface area contributed by atoms with E-state index in [1.807, 2.05) is 19.1 Å². The summed E-state index contributed by atoms with van der Waals surface area (Å²) < 4.78 is 10.9. The Morgan fingerprint density at radius 1 is 1.32 bits per heavy atom. The largest absolute Gasteiger partial charge is 0.493 e. The van der Waals surface area contributed by atoms with Gasteiger partial charge in [0.25, 0.3) is 0 Å². The molecule has 5 nitrogen and oxygen atoms in total. The summed E-state index contributed by atoms with van der Waals surface area (Å²) in [7, 11) is 1.48. The van der Waals surface area contributed by atoms with Crippen molar-refractivity contribution < 1.29 is 19.4 Å². The van der Waals surface area contributed by atoms with Gasteiger partial charge in [-0.15, -0.1) is 0 Å².